The number of benzene rings is 3. The first-order chi connectivity index (χ1) is 15.4. The number of ether oxygens (including phenoxy) is 1. The summed E-state index contributed by atoms with van der Waals surface area (Å²) in [6.45, 7) is 0. The Morgan fingerprint density at radius 2 is 1.69 bits per heavy atom. The Bertz CT molecular complexity index is 1280. The summed E-state index contributed by atoms with van der Waals surface area (Å²) >= 11 is 0. The summed E-state index contributed by atoms with van der Waals surface area (Å²) in [7, 11) is 1.46. The highest BCUT2D eigenvalue weighted by Gasteiger charge is 2.25. The Kier molecular flexibility index (Phi) is 5.34. The molecule has 0 saturated carbocycles. The van der Waals surface area contributed by atoms with Crippen molar-refractivity contribution in [3.05, 3.63) is 89.1 Å². The highest BCUT2D eigenvalue weighted by Crippen LogP contribution is 2.34. The van der Waals surface area contributed by atoms with E-state index in [2.05, 4.69) is 10.6 Å². The van der Waals surface area contributed by atoms with Crippen molar-refractivity contribution in [3.8, 4) is 11.5 Å². The van der Waals surface area contributed by atoms with Crippen LogP contribution in [0.25, 0.3) is 5.57 Å². The number of phenols is 1. The number of primary amides is 1. The van der Waals surface area contributed by atoms with Crippen LogP contribution in [0.3, 0.4) is 0 Å². The highest BCUT2D eigenvalue weighted by atomic mass is 16.5. The van der Waals surface area contributed by atoms with Crippen LogP contribution in [0.1, 0.15) is 31.8 Å². The lowest BCUT2D eigenvalue weighted by Crippen LogP contribution is -2.11. The molecule has 32 heavy (non-hydrogen) atoms. The number of fused-ring (bicyclic) bond motifs is 1. The number of hydrogen-bond acceptors (Lipinski definition) is 6. The molecular formula is C24H19N3O5. The fraction of sp³-hybridized carbons (Fsp3) is 0.0417. The van der Waals surface area contributed by atoms with Crippen molar-refractivity contribution in [2.75, 3.05) is 17.7 Å². The molecule has 1 aliphatic rings. The van der Waals surface area contributed by atoms with Crippen molar-refractivity contribution in [3.63, 3.8) is 0 Å². The molecule has 0 spiro atoms. The van der Waals surface area contributed by atoms with Crippen LogP contribution in [0.4, 0.5) is 11.4 Å². The van der Waals surface area contributed by atoms with E-state index >= 15 is 0 Å². The van der Waals surface area contributed by atoms with E-state index in [1.807, 2.05) is 0 Å². The largest absolute Gasteiger partial charge is 0.504 e. The third-order valence-electron chi connectivity index (χ3n) is 5.06. The molecule has 0 atom stereocenters. The molecule has 0 aliphatic carbocycles. The summed E-state index contributed by atoms with van der Waals surface area (Å²) in [5.41, 5.74) is 8.45. The van der Waals surface area contributed by atoms with Crippen molar-refractivity contribution >= 4 is 34.5 Å². The van der Waals surface area contributed by atoms with E-state index in [1.165, 1.54) is 43.6 Å². The first kappa shape index (κ1) is 20.7. The number of aromatic hydroxyl groups is 1. The molecule has 5 N–H and O–H groups in total. The van der Waals surface area contributed by atoms with Crippen LogP contribution in [0.15, 0.2) is 66.9 Å². The summed E-state index contributed by atoms with van der Waals surface area (Å²) in [4.78, 5) is 36.4. The quantitative estimate of drug-likeness (QED) is 0.352. The number of amides is 2. The number of carbonyl (C=O) groups is 3. The van der Waals surface area contributed by atoms with Gasteiger partial charge in [0.2, 0.25) is 5.91 Å². The van der Waals surface area contributed by atoms with Crippen LogP contribution in [0.2, 0.25) is 0 Å². The third kappa shape index (κ3) is 3.89. The summed E-state index contributed by atoms with van der Waals surface area (Å²) in [6.07, 6.45) is 1.53. The van der Waals surface area contributed by atoms with E-state index in [0.717, 1.165) is 0 Å². The summed E-state index contributed by atoms with van der Waals surface area (Å²) in [6, 6.07) is 15.8. The lowest BCUT2D eigenvalue weighted by molar-refractivity contribution is -0.110. The molecule has 1 heterocycles. The van der Waals surface area contributed by atoms with Crippen molar-refractivity contribution in [1.82, 2.24) is 0 Å². The summed E-state index contributed by atoms with van der Waals surface area (Å²) in [5.74, 6) is -0.821. The molecule has 0 bridgehead atoms. The van der Waals surface area contributed by atoms with Crippen LogP contribution in [-0.4, -0.2) is 29.8 Å². The number of methoxy groups -OCH3 is 1. The SMILES string of the molecule is COc1ccc(NC=C2C(=O)Nc3cc(C(=O)c4ccc(C(N)=O)cc4)ccc32)cc1O. The second-order valence-electron chi connectivity index (χ2n) is 7.07. The zero-order valence-corrected chi connectivity index (χ0v) is 17.0. The molecule has 0 fully saturated rings. The molecular weight excluding hydrogens is 410 g/mol. The van der Waals surface area contributed by atoms with Gasteiger partial charge in [-0.05, 0) is 30.3 Å². The molecule has 3 aromatic rings. The minimum absolute atomic E-state index is 0.0285. The molecule has 0 aromatic heterocycles. The molecule has 0 unspecified atom stereocenters. The smallest absolute Gasteiger partial charge is 0.257 e. The zero-order valence-electron chi connectivity index (χ0n) is 17.0. The molecule has 3 aromatic carbocycles. The van der Waals surface area contributed by atoms with Crippen LogP contribution >= 0.6 is 0 Å². The predicted molar refractivity (Wildman–Crippen MR) is 120 cm³/mol. The summed E-state index contributed by atoms with van der Waals surface area (Å²) < 4.78 is 5.01. The molecule has 0 radical (unpaired) electrons. The maximum atomic E-state index is 12.8. The number of ketones is 1. The number of phenolic OH excluding ortho intramolecular Hbond substituents is 1. The molecule has 0 saturated heterocycles. The standard InChI is InChI=1S/C24H19N3O5/c1-32-21-9-7-16(11-20(21)28)26-12-18-17-8-6-15(10-19(17)27-24(18)31)22(29)13-2-4-14(5-3-13)23(25)30/h2-12,26,28H,1H3,(H2,25,30)(H,27,31). The first-order valence-electron chi connectivity index (χ1n) is 9.61. The number of carbonyl (C=O) groups excluding carboxylic acids is 3. The van der Waals surface area contributed by atoms with Crippen molar-refractivity contribution in [2.45, 2.75) is 0 Å². The first-order valence-corrected chi connectivity index (χ1v) is 9.61. The molecule has 160 valence electrons. The van der Waals surface area contributed by atoms with Gasteiger partial charge in [-0.3, -0.25) is 14.4 Å². The van der Waals surface area contributed by atoms with Crippen LogP contribution in [0.5, 0.6) is 11.5 Å². The van der Waals surface area contributed by atoms with Crippen LogP contribution < -0.4 is 21.1 Å². The fourth-order valence-electron chi connectivity index (χ4n) is 3.37. The minimum atomic E-state index is -0.568. The third-order valence-corrected chi connectivity index (χ3v) is 5.06. The number of nitrogens with one attached hydrogen (secondary N) is 2. The Morgan fingerprint density at radius 3 is 2.34 bits per heavy atom. The van der Waals surface area contributed by atoms with Gasteiger partial charge < -0.3 is 26.2 Å². The van der Waals surface area contributed by atoms with Crippen LogP contribution in [-0.2, 0) is 4.79 Å². The van der Waals surface area contributed by atoms with Gasteiger partial charge in [0.25, 0.3) is 5.91 Å². The Hall–Kier alpha value is -4.59. The lowest BCUT2D eigenvalue weighted by atomic mass is 9.99. The Balaban J connectivity index is 1.57. The van der Waals surface area contributed by atoms with E-state index in [0.29, 0.717) is 45.0 Å². The van der Waals surface area contributed by atoms with Crippen molar-refractivity contribution in [1.29, 1.82) is 0 Å². The van der Waals surface area contributed by atoms with Gasteiger partial charge in [0.1, 0.15) is 0 Å². The number of nitrogens with two attached hydrogens (primary N) is 1. The second-order valence-corrected chi connectivity index (χ2v) is 7.07. The van der Waals surface area contributed by atoms with E-state index in [-0.39, 0.29) is 17.4 Å². The average molecular weight is 429 g/mol. The number of anilines is 2. The molecule has 8 nitrogen and oxygen atoms in total. The average Bonchev–Trinajstić information content (AvgIpc) is 3.11. The molecule has 1 aliphatic heterocycles. The maximum Gasteiger partial charge on any atom is 0.257 e. The minimum Gasteiger partial charge on any atom is -0.504 e. The fourth-order valence-corrected chi connectivity index (χ4v) is 3.37. The predicted octanol–water partition coefficient (Wildman–Crippen LogP) is 3.14. The highest BCUT2D eigenvalue weighted by molar-refractivity contribution is 6.32. The van der Waals surface area contributed by atoms with E-state index in [9.17, 15) is 19.5 Å². The zero-order chi connectivity index (χ0) is 22.8. The van der Waals surface area contributed by atoms with Gasteiger partial charge in [-0.1, -0.05) is 24.3 Å². The maximum absolute atomic E-state index is 12.8. The Labute approximate surface area is 183 Å². The van der Waals surface area contributed by atoms with Gasteiger partial charge in [-0.15, -0.1) is 0 Å². The lowest BCUT2D eigenvalue weighted by Gasteiger charge is -2.07. The van der Waals surface area contributed by atoms with Gasteiger partial charge in [-0.25, -0.2) is 0 Å². The second kappa shape index (κ2) is 8.27. The monoisotopic (exact) mass is 429 g/mol. The van der Waals surface area contributed by atoms with E-state index in [1.54, 1.807) is 30.3 Å². The van der Waals surface area contributed by atoms with Gasteiger partial charge in [0, 0.05) is 45.9 Å². The van der Waals surface area contributed by atoms with Gasteiger partial charge in [0.15, 0.2) is 17.3 Å². The van der Waals surface area contributed by atoms with Gasteiger partial charge >= 0.3 is 0 Å². The number of hydrogen-bond donors (Lipinski definition) is 4. The van der Waals surface area contributed by atoms with Crippen molar-refractivity contribution in [2.24, 2.45) is 5.73 Å². The van der Waals surface area contributed by atoms with Crippen LogP contribution in [0, 0.1) is 0 Å². The topological polar surface area (TPSA) is 131 Å². The van der Waals surface area contributed by atoms with Gasteiger partial charge in [-0.2, -0.15) is 0 Å². The van der Waals surface area contributed by atoms with E-state index in [4.69, 9.17) is 10.5 Å². The number of rotatable bonds is 6. The van der Waals surface area contributed by atoms with Gasteiger partial charge in [0.05, 0.1) is 12.7 Å². The molecule has 8 heteroatoms. The summed E-state index contributed by atoms with van der Waals surface area (Å²) in [5, 5.41) is 15.6. The normalized spacial score (nSPS) is 13.4. The van der Waals surface area contributed by atoms with Crippen molar-refractivity contribution < 1.29 is 24.2 Å². The Morgan fingerprint density at radius 1 is 1.00 bits per heavy atom. The molecule has 2 amide bonds. The van der Waals surface area contributed by atoms with E-state index < -0.39 is 5.91 Å². The molecule has 4 rings (SSSR count).